The van der Waals surface area contributed by atoms with Gasteiger partial charge in [-0.1, -0.05) is 39.0 Å². The van der Waals surface area contributed by atoms with Crippen LogP contribution in [0.15, 0.2) is 41.1 Å². The minimum atomic E-state index is -0.756. The van der Waals surface area contributed by atoms with Gasteiger partial charge in [-0.15, -0.1) is 5.01 Å². The van der Waals surface area contributed by atoms with Crippen LogP contribution >= 0.6 is 0 Å². The van der Waals surface area contributed by atoms with Crippen LogP contribution in [0.3, 0.4) is 0 Å². The largest absolute Gasteiger partial charge is 0.347 e. The molecule has 1 aliphatic carbocycles. The van der Waals surface area contributed by atoms with Crippen LogP contribution in [0.4, 0.5) is 10.5 Å². The lowest BCUT2D eigenvalue weighted by Gasteiger charge is -2.33. The summed E-state index contributed by atoms with van der Waals surface area (Å²) in [6.07, 6.45) is 6.75. The van der Waals surface area contributed by atoms with Crippen molar-refractivity contribution in [2.75, 3.05) is 11.9 Å². The van der Waals surface area contributed by atoms with Crippen LogP contribution in [0.2, 0.25) is 0 Å². The molecule has 1 saturated heterocycles. The second-order valence-corrected chi connectivity index (χ2v) is 8.83. The Hall–Kier alpha value is -2.63. The van der Waals surface area contributed by atoms with Gasteiger partial charge in [0, 0.05) is 30.1 Å². The number of allylic oxidation sites excluding steroid dienone is 2. The lowest BCUT2D eigenvalue weighted by molar-refractivity contribution is -0.132. The number of para-hydroxylation sites is 1. The second kappa shape index (κ2) is 6.47. The highest BCUT2D eigenvalue weighted by Gasteiger charge is 2.52. The quantitative estimate of drug-likeness (QED) is 0.627. The van der Waals surface area contributed by atoms with Crippen molar-refractivity contribution in [1.29, 1.82) is 0 Å². The first-order valence-electron chi connectivity index (χ1n) is 10.0. The van der Waals surface area contributed by atoms with Crippen LogP contribution < -0.4 is 10.2 Å². The van der Waals surface area contributed by atoms with Crippen molar-refractivity contribution >= 4 is 23.8 Å². The second-order valence-electron chi connectivity index (χ2n) is 8.83. The average molecular weight is 380 g/mol. The molecule has 6 nitrogen and oxygen atoms in total. The van der Waals surface area contributed by atoms with Gasteiger partial charge in [0.1, 0.15) is 5.54 Å². The smallest absolute Gasteiger partial charge is 0.346 e. The predicted molar refractivity (Wildman–Crippen MR) is 110 cm³/mol. The Kier molecular flexibility index (Phi) is 4.32. The molecule has 148 valence electrons. The highest BCUT2D eigenvalue weighted by atomic mass is 16.2. The summed E-state index contributed by atoms with van der Waals surface area (Å²) in [7, 11) is 2.03. The monoisotopic (exact) mass is 380 g/mol. The standard InChI is InChI=1S/C22H28N4O2/c1-15-9-12-22(13-10-15)19(27)26(20(28)24-22)23-14-11-18-21(2,3)16-7-5-6-8-17(16)25(18)4/h5-8,11,14-15H,9-10,12-13H2,1-4H3,(H,24,28)/b18-11-,23-14+. The van der Waals surface area contributed by atoms with Crippen molar-refractivity contribution in [2.24, 2.45) is 11.0 Å². The van der Waals surface area contributed by atoms with E-state index in [2.05, 4.69) is 48.2 Å². The van der Waals surface area contributed by atoms with E-state index >= 15 is 0 Å². The number of hydrogen-bond acceptors (Lipinski definition) is 4. The Morgan fingerprint density at radius 2 is 1.86 bits per heavy atom. The molecule has 2 heterocycles. The van der Waals surface area contributed by atoms with Gasteiger partial charge in [-0.2, -0.15) is 5.10 Å². The van der Waals surface area contributed by atoms with Gasteiger partial charge in [-0.25, -0.2) is 4.79 Å². The number of carbonyl (C=O) groups is 2. The fraction of sp³-hybridized carbons (Fsp3) is 0.500. The number of imide groups is 1. The molecule has 3 amide bonds. The van der Waals surface area contributed by atoms with E-state index in [9.17, 15) is 9.59 Å². The Morgan fingerprint density at radius 1 is 1.18 bits per heavy atom. The van der Waals surface area contributed by atoms with Crippen molar-refractivity contribution in [1.82, 2.24) is 10.3 Å². The molecule has 0 bridgehead atoms. The van der Waals surface area contributed by atoms with Crippen LogP contribution in [0, 0.1) is 5.92 Å². The zero-order valence-corrected chi connectivity index (χ0v) is 17.0. The summed E-state index contributed by atoms with van der Waals surface area (Å²) < 4.78 is 0. The summed E-state index contributed by atoms with van der Waals surface area (Å²) in [5.41, 5.74) is 2.56. The Morgan fingerprint density at radius 3 is 2.54 bits per heavy atom. The van der Waals surface area contributed by atoms with Crippen LogP contribution in [-0.2, 0) is 10.2 Å². The summed E-state index contributed by atoms with van der Waals surface area (Å²) in [4.78, 5) is 27.4. The number of carbonyl (C=O) groups excluding carboxylic acids is 2. The molecule has 28 heavy (non-hydrogen) atoms. The van der Waals surface area contributed by atoms with Crippen molar-refractivity contribution in [3.05, 3.63) is 41.6 Å². The minimum Gasteiger partial charge on any atom is -0.347 e. The number of amides is 3. The molecule has 0 radical (unpaired) electrons. The van der Waals surface area contributed by atoms with E-state index in [1.807, 2.05) is 25.3 Å². The highest BCUT2D eigenvalue weighted by molar-refractivity contribution is 6.07. The number of nitrogens with one attached hydrogen (secondary N) is 1. The molecule has 1 N–H and O–H groups in total. The van der Waals surface area contributed by atoms with Gasteiger partial charge in [0.15, 0.2) is 0 Å². The number of nitrogens with zero attached hydrogens (tertiary/aromatic N) is 3. The van der Waals surface area contributed by atoms with Gasteiger partial charge in [0.2, 0.25) is 0 Å². The molecule has 0 atom stereocenters. The zero-order chi connectivity index (χ0) is 20.1. The first kappa shape index (κ1) is 18.7. The van der Waals surface area contributed by atoms with Crippen LogP contribution in [0.25, 0.3) is 0 Å². The molecule has 6 heteroatoms. The lowest BCUT2D eigenvalue weighted by atomic mass is 9.77. The molecular weight excluding hydrogens is 352 g/mol. The zero-order valence-electron chi connectivity index (χ0n) is 17.0. The average Bonchev–Trinajstić information content (AvgIpc) is 3.01. The highest BCUT2D eigenvalue weighted by Crippen LogP contribution is 2.46. The number of fused-ring (bicyclic) bond motifs is 1. The summed E-state index contributed by atoms with van der Waals surface area (Å²) in [5.74, 6) is 0.376. The maximum atomic E-state index is 12.9. The maximum Gasteiger partial charge on any atom is 0.346 e. The third-order valence-electron chi connectivity index (χ3n) is 6.62. The number of rotatable bonds is 2. The number of hydrazone groups is 1. The first-order valence-corrected chi connectivity index (χ1v) is 10.0. The van der Waals surface area contributed by atoms with Gasteiger partial charge < -0.3 is 10.2 Å². The van der Waals surface area contributed by atoms with Gasteiger partial charge in [-0.3, -0.25) is 4.79 Å². The molecule has 2 fully saturated rings. The number of urea groups is 1. The topological polar surface area (TPSA) is 65.0 Å². The SMILES string of the molecule is CC1CCC2(CC1)NC(=O)N(/N=C/C=C1\N(C)c3ccccc3C1(C)C)C2=O. The van der Waals surface area contributed by atoms with E-state index in [0.717, 1.165) is 29.2 Å². The predicted octanol–water partition coefficient (Wildman–Crippen LogP) is 3.78. The van der Waals surface area contributed by atoms with Crippen molar-refractivity contribution in [3.63, 3.8) is 0 Å². The van der Waals surface area contributed by atoms with E-state index in [-0.39, 0.29) is 11.3 Å². The van der Waals surface area contributed by atoms with Crippen LogP contribution in [0.5, 0.6) is 0 Å². The van der Waals surface area contributed by atoms with Gasteiger partial charge >= 0.3 is 6.03 Å². The molecule has 2 aliphatic heterocycles. The maximum absolute atomic E-state index is 12.9. The van der Waals surface area contributed by atoms with E-state index < -0.39 is 11.6 Å². The first-order chi connectivity index (χ1) is 13.3. The Balaban J connectivity index is 1.55. The van der Waals surface area contributed by atoms with Gasteiger partial charge in [-0.05, 0) is 49.3 Å². The van der Waals surface area contributed by atoms with E-state index in [1.165, 1.54) is 5.56 Å². The third kappa shape index (κ3) is 2.74. The van der Waals surface area contributed by atoms with E-state index in [1.54, 1.807) is 6.21 Å². The summed E-state index contributed by atoms with van der Waals surface area (Å²) in [6, 6.07) is 7.88. The van der Waals surface area contributed by atoms with Gasteiger partial charge in [0.05, 0.1) is 0 Å². The van der Waals surface area contributed by atoms with E-state index in [4.69, 9.17) is 0 Å². The van der Waals surface area contributed by atoms with Crippen molar-refractivity contribution in [2.45, 2.75) is 57.4 Å². The van der Waals surface area contributed by atoms with Gasteiger partial charge in [0.25, 0.3) is 5.91 Å². The molecule has 1 aromatic carbocycles. The van der Waals surface area contributed by atoms with Crippen LogP contribution in [0.1, 0.15) is 52.0 Å². The molecule has 1 spiro atoms. The Labute approximate surface area is 166 Å². The Bertz CT molecular complexity index is 878. The summed E-state index contributed by atoms with van der Waals surface area (Å²) in [5, 5.41) is 8.13. The van der Waals surface area contributed by atoms with Crippen molar-refractivity contribution in [3.8, 4) is 0 Å². The molecule has 0 aromatic heterocycles. The number of anilines is 1. The number of likely N-dealkylation sites (N-methyl/N-ethyl adjacent to an activating group) is 1. The molecule has 1 saturated carbocycles. The lowest BCUT2D eigenvalue weighted by Crippen LogP contribution is -2.49. The fourth-order valence-electron chi connectivity index (χ4n) is 4.78. The molecular formula is C22H28N4O2. The normalized spacial score (nSPS) is 30.6. The minimum absolute atomic E-state index is 0.171. The fourth-order valence-corrected chi connectivity index (χ4v) is 4.78. The summed E-state index contributed by atoms with van der Waals surface area (Å²) >= 11 is 0. The van der Waals surface area contributed by atoms with Crippen LogP contribution in [-0.4, -0.2) is 35.7 Å². The molecule has 1 aromatic rings. The number of hydrogen-bond donors (Lipinski definition) is 1. The summed E-state index contributed by atoms with van der Waals surface area (Å²) in [6.45, 7) is 6.52. The number of benzene rings is 1. The third-order valence-corrected chi connectivity index (χ3v) is 6.62. The molecule has 0 unspecified atom stereocenters. The van der Waals surface area contributed by atoms with Crippen molar-refractivity contribution < 1.29 is 9.59 Å². The molecule has 3 aliphatic rings. The molecule has 4 rings (SSSR count). The van der Waals surface area contributed by atoms with E-state index in [0.29, 0.717) is 18.8 Å².